The lowest BCUT2D eigenvalue weighted by Crippen LogP contribution is -1.95. The molecule has 2 aromatic rings. The first-order valence-electron chi connectivity index (χ1n) is 6.64. The van der Waals surface area contributed by atoms with E-state index in [4.69, 9.17) is 5.11 Å². The molecule has 0 unspecified atom stereocenters. The van der Waals surface area contributed by atoms with Gasteiger partial charge in [0.25, 0.3) is 0 Å². The Bertz CT molecular complexity index is 518. The summed E-state index contributed by atoms with van der Waals surface area (Å²) >= 11 is 3.54. The number of unbranched alkanes of at least 4 members (excludes halogenated alkanes) is 1. The van der Waals surface area contributed by atoms with Crippen molar-refractivity contribution >= 4 is 26.8 Å². The first kappa shape index (κ1) is 13.6. The summed E-state index contributed by atoms with van der Waals surface area (Å²) in [6, 6.07) is 6.46. The molecule has 1 aromatic heterocycles. The standard InChI is InChI=1S/C15H20BrNO/c1-2-3-8-17-11-12(5-4-9-18)14-7-6-13(16)10-15(14)17/h6-7,10-11,18H,2-5,8-9H2,1H3. The largest absolute Gasteiger partial charge is 0.396 e. The molecule has 0 atom stereocenters. The second-order valence-electron chi connectivity index (χ2n) is 4.69. The van der Waals surface area contributed by atoms with E-state index in [1.807, 2.05) is 0 Å². The van der Waals surface area contributed by atoms with E-state index in [0.29, 0.717) is 0 Å². The fourth-order valence-electron chi connectivity index (χ4n) is 2.32. The van der Waals surface area contributed by atoms with Crippen LogP contribution in [0, 0.1) is 0 Å². The van der Waals surface area contributed by atoms with E-state index in [9.17, 15) is 0 Å². The fraction of sp³-hybridized carbons (Fsp3) is 0.467. The molecule has 1 N–H and O–H groups in total. The van der Waals surface area contributed by atoms with Crippen molar-refractivity contribution in [1.82, 2.24) is 4.57 Å². The summed E-state index contributed by atoms with van der Waals surface area (Å²) in [5.74, 6) is 0. The smallest absolute Gasteiger partial charge is 0.0494 e. The summed E-state index contributed by atoms with van der Waals surface area (Å²) < 4.78 is 3.47. The Balaban J connectivity index is 2.39. The number of aryl methyl sites for hydroxylation is 2. The van der Waals surface area contributed by atoms with Crippen molar-refractivity contribution in [3.05, 3.63) is 34.4 Å². The Morgan fingerprint density at radius 3 is 2.83 bits per heavy atom. The molecule has 0 radical (unpaired) electrons. The third-order valence-corrected chi connectivity index (χ3v) is 3.78. The van der Waals surface area contributed by atoms with Crippen molar-refractivity contribution < 1.29 is 5.11 Å². The Kier molecular flexibility index (Phi) is 4.84. The van der Waals surface area contributed by atoms with Crippen LogP contribution in [0.15, 0.2) is 28.9 Å². The molecular weight excluding hydrogens is 290 g/mol. The van der Waals surface area contributed by atoms with Gasteiger partial charge in [0.1, 0.15) is 0 Å². The number of aliphatic hydroxyl groups is 1. The average Bonchev–Trinajstić information content (AvgIpc) is 2.71. The highest BCUT2D eigenvalue weighted by Crippen LogP contribution is 2.26. The minimum absolute atomic E-state index is 0.262. The van der Waals surface area contributed by atoms with Crippen LogP contribution in [0.4, 0.5) is 0 Å². The monoisotopic (exact) mass is 309 g/mol. The molecule has 2 nitrogen and oxygen atoms in total. The van der Waals surface area contributed by atoms with Crippen LogP contribution in [0.5, 0.6) is 0 Å². The minimum Gasteiger partial charge on any atom is -0.396 e. The van der Waals surface area contributed by atoms with Crippen molar-refractivity contribution in [2.45, 2.75) is 39.2 Å². The van der Waals surface area contributed by atoms with E-state index in [1.54, 1.807) is 0 Å². The highest BCUT2D eigenvalue weighted by molar-refractivity contribution is 9.10. The topological polar surface area (TPSA) is 25.2 Å². The second kappa shape index (κ2) is 6.39. The molecule has 1 aromatic carbocycles. The molecule has 0 bridgehead atoms. The highest BCUT2D eigenvalue weighted by atomic mass is 79.9. The first-order valence-corrected chi connectivity index (χ1v) is 7.43. The summed E-state index contributed by atoms with van der Waals surface area (Å²) in [7, 11) is 0. The lowest BCUT2D eigenvalue weighted by atomic mass is 10.1. The van der Waals surface area contributed by atoms with Crippen LogP contribution in [-0.2, 0) is 13.0 Å². The van der Waals surface area contributed by atoms with Crippen LogP contribution in [-0.4, -0.2) is 16.3 Å². The Morgan fingerprint density at radius 1 is 1.28 bits per heavy atom. The van der Waals surface area contributed by atoms with Crippen LogP contribution in [0.3, 0.4) is 0 Å². The number of aliphatic hydroxyl groups excluding tert-OH is 1. The number of halogens is 1. The summed E-state index contributed by atoms with van der Waals surface area (Å²) in [6.45, 7) is 3.55. The van der Waals surface area contributed by atoms with Crippen molar-refractivity contribution in [3.8, 4) is 0 Å². The molecule has 0 amide bonds. The number of hydrogen-bond donors (Lipinski definition) is 1. The predicted molar refractivity (Wildman–Crippen MR) is 80.0 cm³/mol. The Hall–Kier alpha value is -0.800. The molecule has 98 valence electrons. The maximum atomic E-state index is 8.98. The van der Waals surface area contributed by atoms with E-state index >= 15 is 0 Å². The van der Waals surface area contributed by atoms with Gasteiger partial charge in [-0.3, -0.25) is 0 Å². The molecule has 0 saturated heterocycles. The summed E-state index contributed by atoms with van der Waals surface area (Å²) in [4.78, 5) is 0. The molecule has 1 heterocycles. The van der Waals surface area contributed by atoms with E-state index in [0.717, 1.165) is 23.9 Å². The van der Waals surface area contributed by atoms with Crippen LogP contribution >= 0.6 is 15.9 Å². The van der Waals surface area contributed by atoms with Gasteiger partial charge in [-0.15, -0.1) is 0 Å². The third kappa shape index (κ3) is 2.96. The Labute approximate surface area is 117 Å². The second-order valence-corrected chi connectivity index (χ2v) is 5.61. The van der Waals surface area contributed by atoms with Gasteiger partial charge in [0, 0.05) is 34.7 Å². The zero-order chi connectivity index (χ0) is 13.0. The molecule has 18 heavy (non-hydrogen) atoms. The zero-order valence-corrected chi connectivity index (χ0v) is 12.4. The van der Waals surface area contributed by atoms with Gasteiger partial charge in [0.15, 0.2) is 0 Å². The van der Waals surface area contributed by atoms with Crippen molar-refractivity contribution in [3.63, 3.8) is 0 Å². The van der Waals surface area contributed by atoms with Gasteiger partial charge >= 0.3 is 0 Å². The average molecular weight is 310 g/mol. The normalized spacial score (nSPS) is 11.3. The number of hydrogen-bond acceptors (Lipinski definition) is 1. The van der Waals surface area contributed by atoms with Crippen molar-refractivity contribution in [2.75, 3.05) is 6.61 Å². The van der Waals surface area contributed by atoms with Crippen molar-refractivity contribution in [1.29, 1.82) is 0 Å². The van der Waals surface area contributed by atoms with Gasteiger partial charge in [-0.05, 0) is 37.0 Å². The quantitative estimate of drug-likeness (QED) is 0.853. The first-order chi connectivity index (χ1) is 8.76. The molecule has 0 spiro atoms. The van der Waals surface area contributed by atoms with Crippen LogP contribution in [0.1, 0.15) is 31.7 Å². The zero-order valence-electron chi connectivity index (χ0n) is 10.8. The van der Waals surface area contributed by atoms with E-state index < -0.39 is 0 Å². The fourth-order valence-corrected chi connectivity index (χ4v) is 2.67. The van der Waals surface area contributed by atoms with E-state index in [-0.39, 0.29) is 6.61 Å². The molecule has 0 saturated carbocycles. The number of benzene rings is 1. The lowest BCUT2D eigenvalue weighted by Gasteiger charge is -2.03. The number of aromatic nitrogens is 1. The third-order valence-electron chi connectivity index (χ3n) is 3.28. The number of rotatable bonds is 6. The van der Waals surface area contributed by atoms with Gasteiger partial charge in [-0.1, -0.05) is 35.3 Å². The SMILES string of the molecule is CCCCn1cc(CCCO)c2ccc(Br)cc21. The summed E-state index contributed by atoms with van der Waals surface area (Å²) in [5, 5.41) is 10.3. The minimum atomic E-state index is 0.262. The maximum Gasteiger partial charge on any atom is 0.0494 e. The molecule has 2 rings (SSSR count). The number of nitrogens with zero attached hydrogens (tertiary/aromatic N) is 1. The maximum absolute atomic E-state index is 8.98. The van der Waals surface area contributed by atoms with Gasteiger partial charge in [-0.25, -0.2) is 0 Å². The van der Waals surface area contributed by atoms with Crippen LogP contribution in [0.2, 0.25) is 0 Å². The predicted octanol–water partition coefficient (Wildman–Crippen LogP) is 4.13. The van der Waals surface area contributed by atoms with Crippen molar-refractivity contribution in [2.24, 2.45) is 0 Å². The van der Waals surface area contributed by atoms with Gasteiger partial charge in [-0.2, -0.15) is 0 Å². The van der Waals surface area contributed by atoms with Crippen LogP contribution in [0.25, 0.3) is 10.9 Å². The number of fused-ring (bicyclic) bond motifs is 1. The molecule has 0 aliphatic carbocycles. The summed E-state index contributed by atoms with van der Waals surface area (Å²) in [5.41, 5.74) is 2.65. The Morgan fingerprint density at radius 2 is 2.11 bits per heavy atom. The van der Waals surface area contributed by atoms with Crippen LogP contribution < -0.4 is 0 Å². The van der Waals surface area contributed by atoms with Gasteiger partial charge in [0.05, 0.1) is 0 Å². The molecule has 0 aliphatic rings. The molecule has 0 aliphatic heterocycles. The van der Waals surface area contributed by atoms with E-state index in [2.05, 4.69) is 51.8 Å². The highest BCUT2D eigenvalue weighted by Gasteiger charge is 2.08. The molecule has 3 heteroatoms. The van der Waals surface area contributed by atoms with Gasteiger partial charge < -0.3 is 9.67 Å². The molecule has 0 fully saturated rings. The molecular formula is C15H20BrNO. The lowest BCUT2D eigenvalue weighted by molar-refractivity contribution is 0.288. The van der Waals surface area contributed by atoms with E-state index in [1.165, 1.54) is 29.3 Å². The van der Waals surface area contributed by atoms with Gasteiger partial charge in [0.2, 0.25) is 0 Å². The summed E-state index contributed by atoms with van der Waals surface area (Å²) in [6.07, 6.45) is 6.45.